The normalized spacial score (nSPS) is 21.8. The van der Waals surface area contributed by atoms with E-state index in [0.29, 0.717) is 5.92 Å². The second kappa shape index (κ2) is 6.97. The molecule has 23 heavy (non-hydrogen) atoms. The van der Waals surface area contributed by atoms with Crippen molar-refractivity contribution < 1.29 is 9.90 Å². The van der Waals surface area contributed by atoms with E-state index in [1.54, 1.807) is 6.92 Å². The van der Waals surface area contributed by atoms with Gasteiger partial charge in [0, 0.05) is 46.1 Å². The zero-order valence-corrected chi connectivity index (χ0v) is 14.1. The van der Waals surface area contributed by atoms with Gasteiger partial charge in [-0.15, -0.1) is 10.2 Å². The molecule has 0 saturated carbocycles. The summed E-state index contributed by atoms with van der Waals surface area (Å²) < 4.78 is 2.12. The zero-order chi connectivity index (χ0) is 16.4. The van der Waals surface area contributed by atoms with E-state index in [9.17, 15) is 9.90 Å². The SMILES string of the molecule is CC(=O)N1CCC(c2nnc(CN3CCC(O)CC3)n2C)CC1. The number of nitrogens with zero attached hydrogens (tertiary/aromatic N) is 5. The molecule has 7 nitrogen and oxygen atoms in total. The molecule has 7 heteroatoms. The van der Waals surface area contributed by atoms with E-state index in [2.05, 4.69) is 19.7 Å². The third kappa shape index (κ3) is 3.72. The van der Waals surface area contributed by atoms with E-state index in [1.807, 2.05) is 11.9 Å². The molecule has 2 aliphatic heterocycles. The predicted octanol–water partition coefficient (Wildman–Crippen LogP) is 0.498. The number of hydrogen-bond acceptors (Lipinski definition) is 5. The van der Waals surface area contributed by atoms with Crippen LogP contribution in [0.15, 0.2) is 0 Å². The molecular weight excluding hydrogens is 294 g/mol. The van der Waals surface area contributed by atoms with Crippen molar-refractivity contribution in [1.82, 2.24) is 24.6 Å². The molecule has 2 aliphatic rings. The first-order valence-electron chi connectivity index (χ1n) is 8.58. The maximum atomic E-state index is 11.4. The van der Waals surface area contributed by atoms with Crippen LogP contribution in [0, 0.1) is 0 Å². The summed E-state index contributed by atoms with van der Waals surface area (Å²) in [5, 5.41) is 18.4. The number of piperidine rings is 2. The Labute approximate surface area is 137 Å². The molecule has 1 aromatic heterocycles. The van der Waals surface area contributed by atoms with Gasteiger partial charge in [0.15, 0.2) is 0 Å². The van der Waals surface area contributed by atoms with Gasteiger partial charge in [0.05, 0.1) is 12.6 Å². The Morgan fingerprint density at radius 3 is 2.39 bits per heavy atom. The van der Waals surface area contributed by atoms with Gasteiger partial charge in [-0.1, -0.05) is 0 Å². The topological polar surface area (TPSA) is 74.5 Å². The van der Waals surface area contributed by atoms with E-state index < -0.39 is 0 Å². The fourth-order valence-corrected chi connectivity index (χ4v) is 3.60. The molecule has 0 radical (unpaired) electrons. The van der Waals surface area contributed by atoms with Crippen molar-refractivity contribution in [2.75, 3.05) is 26.2 Å². The Balaban J connectivity index is 1.60. The minimum Gasteiger partial charge on any atom is -0.393 e. The van der Waals surface area contributed by atoms with Gasteiger partial charge in [0.2, 0.25) is 5.91 Å². The molecule has 0 aromatic carbocycles. The number of amides is 1. The molecular formula is C16H27N5O2. The molecule has 0 spiro atoms. The number of aromatic nitrogens is 3. The van der Waals surface area contributed by atoms with Gasteiger partial charge in [-0.2, -0.15) is 0 Å². The smallest absolute Gasteiger partial charge is 0.219 e. The van der Waals surface area contributed by atoms with Gasteiger partial charge < -0.3 is 14.6 Å². The van der Waals surface area contributed by atoms with Gasteiger partial charge >= 0.3 is 0 Å². The highest BCUT2D eigenvalue weighted by Gasteiger charge is 2.27. The van der Waals surface area contributed by atoms with Crippen molar-refractivity contribution in [2.45, 2.75) is 51.2 Å². The van der Waals surface area contributed by atoms with Crippen LogP contribution in [-0.2, 0) is 18.4 Å². The molecule has 3 heterocycles. The summed E-state index contributed by atoms with van der Waals surface area (Å²) in [5.41, 5.74) is 0. The van der Waals surface area contributed by atoms with Crippen LogP contribution < -0.4 is 0 Å². The summed E-state index contributed by atoms with van der Waals surface area (Å²) in [5.74, 6) is 2.58. The zero-order valence-electron chi connectivity index (χ0n) is 14.1. The van der Waals surface area contributed by atoms with Gasteiger partial charge in [0.25, 0.3) is 0 Å². The molecule has 0 unspecified atom stereocenters. The standard InChI is InChI=1S/C16H27N5O2/c1-12(22)21-9-3-13(4-10-21)16-18-17-15(19(16)2)11-20-7-5-14(23)6-8-20/h13-14,23H,3-11H2,1-2H3. The summed E-state index contributed by atoms with van der Waals surface area (Å²) in [6.07, 6.45) is 3.46. The van der Waals surface area contributed by atoms with Crippen LogP contribution in [0.3, 0.4) is 0 Å². The number of carbonyl (C=O) groups is 1. The molecule has 0 bridgehead atoms. The van der Waals surface area contributed by atoms with Crippen molar-refractivity contribution in [3.8, 4) is 0 Å². The third-order valence-electron chi connectivity index (χ3n) is 5.23. The van der Waals surface area contributed by atoms with Crippen LogP contribution >= 0.6 is 0 Å². The Kier molecular flexibility index (Phi) is 4.96. The lowest BCUT2D eigenvalue weighted by molar-refractivity contribution is -0.129. The number of rotatable bonds is 3. The molecule has 0 aliphatic carbocycles. The maximum Gasteiger partial charge on any atom is 0.219 e. The first-order valence-corrected chi connectivity index (χ1v) is 8.58. The maximum absolute atomic E-state index is 11.4. The highest BCUT2D eigenvalue weighted by molar-refractivity contribution is 5.73. The van der Waals surface area contributed by atoms with E-state index in [4.69, 9.17) is 0 Å². The van der Waals surface area contributed by atoms with Crippen molar-refractivity contribution in [1.29, 1.82) is 0 Å². The molecule has 1 amide bonds. The summed E-state index contributed by atoms with van der Waals surface area (Å²) >= 11 is 0. The molecule has 2 fully saturated rings. The summed E-state index contributed by atoms with van der Waals surface area (Å²) in [6.45, 7) is 5.89. The summed E-state index contributed by atoms with van der Waals surface area (Å²) in [4.78, 5) is 15.7. The highest BCUT2D eigenvalue weighted by Crippen LogP contribution is 2.27. The van der Waals surface area contributed by atoms with Crippen LogP contribution in [-0.4, -0.2) is 67.9 Å². The highest BCUT2D eigenvalue weighted by atomic mass is 16.3. The largest absolute Gasteiger partial charge is 0.393 e. The van der Waals surface area contributed by atoms with E-state index >= 15 is 0 Å². The lowest BCUT2D eigenvalue weighted by Crippen LogP contribution is -2.37. The third-order valence-corrected chi connectivity index (χ3v) is 5.23. The predicted molar refractivity (Wildman–Crippen MR) is 85.7 cm³/mol. The van der Waals surface area contributed by atoms with Gasteiger partial charge in [0.1, 0.15) is 11.6 Å². The van der Waals surface area contributed by atoms with Crippen molar-refractivity contribution in [3.05, 3.63) is 11.6 Å². The number of hydrogen-bond donors (Lipinski definition) is 1. The summed E-state index contributed by atoms with van der Waals surface area (Å²) in [6, 6.07) is 0. The molecule has 128 valence electrons. The number of carbonyl (C=O) groups excluding carboxylic acids is 1. The fourth-order valence-electron chi connectivity index (χ4n) is 3.60. The van der Waals surface area contributed by atoms with Crippen LogP contribution in [0.5, 0.6) is 0 Å². The van der Waals surface area contributed by atoms with Gasteiger partial charge in [-0.25, -0.2) is 0 Å². The van der Waals surface area contributed by atoms with Gasteiger partial charge in [-0.05, 0) is 25.7 Å². The second-order valence-electron chi connectivity index (χ2n) is 6.82. The van der Waals surface area contributed by atoms with Crippen molar-refractivity contribution >= 4 is 5.91 Å². The Bertz CT molecular complexity index is 543. The minimum atomic E-state index is -0.146. The molecule has 3 rings (SSSR count). The Hall–Kier alpha value is -1.47. The van der Waals surface area contributed by atoms with E-state index in [0.717, 1.165) is 70.1 Å². The second-order valence-corrected chi connectivity index (χ2v) is 6.82. The van der Waals surface area contributed by atoms with E-state index in [1.165, 1.54) is 0 Å². The number of aliphatic hydroxyl groups is 1. The average Bonchev–Trinajstić information content (AvgIpc) is 2.90. The van der Waals surface area contributed by atoms with Crippen LogP contribution in [0.4, 0.5) is 0 Å². The van der Waals surface area contributed by atoms with Gasteiger partial charge in [-0.3, -0.25) is 9.69 Å². The Morgan fingerprint density at radius 2 is 1.78 bits per heavy atom. The monoisotopic (exact) mass is 321 g/mol. The minimum absolute atomic E-state index is 0.146. The number of likely N-dealkylation sites (tertiary alicyclic amines) is 2. The molecule has 1 aromatic rings. The van der Waals surface area contributed by atoms with Crippen LogP contribution in [0.2, 0.25) is 0 Å². The van der Waals surface area contributed by atoms with Crippen LogP contribution in [0.1, 0.15) is 50.2 Å². The number of aliphatic hydroxyl groups excluding tert-OH is 1. The fraction of sp³-hybridized carbons (Fsp3) is 0.812. The van der Waals surface area contributed by atoms with Crippen molar-refractivity contribution in [3.63, 3.8) is 0 Å². The lowest BCUT2D eigenvalue weighted by atomic mass is 9.96. The van der Waals surface area contributed by atoms with Crippen LogP contribution in [0.25, 0.3) is 0 Å². The lowest BCUT2D eigenvalue weighted by Gasteiger charge is -2.31. The van der Waals surface area contributed by atoms with Crippen molar-refractivity contribution in [2.24, 2.45) is 7.05 Å². The van der Waals surface area contributed by atoms with E-state index in [-0.39, 0.29) is 12.0 Å². The first kappa shape index (κ1) is 16.4. The molecule has 0 atom stereocenters. The summed E-state index contributed by atoms with van der Waals surface area (Å²) in [7, 11) is 2.04. The quantitative estimate of drug-likeness (QED) is 0.877. The average molecular weight is 321 g/mol. The molecule has 1 N–H and O–H groups in total. The first-order chi connectivity index (χ1) is 11.0. The Morgan fingerprint density at radius 1 is 1.13 bits per heavy atom. The molecule has 2 saturated heterocycles.